The minimum Gasteiger partial charge on any atom is -0.307 e. The highest BCUT2D eigenvalue weighted by atomic mass is 35.5. The average molecular weight is 360 g/mol. The maximum Gasteiger partial charge on any atom is 0.257 e. The molecular weight excluding hydrogens is 345 g/mol. The topological polar surface area (TPSA) is 46.9 Å². The van der Waals surface area contributed by atoms with Crippen molar-refractivity contribution >= 4 is 34.9 Å². The predicted molar refractivity (Wildman–Crippen MR) is 96.9 cm³/mol. The molecule has 4 nitrogen and oxygen atoms in total. The fourth-order valence-electron chi connectivity index (χ4n) is 2.41. The van der Waals surface area contributed by atoms with Crippen LogP contribution in [-0.2, 0) is 6.54 Å². The lowest BCUT2D eigenvalue weighted by Gasteiger charge is -2.12. The maximum atomic E-state index is 12.5. The second-order valence-electron chi connectivity index (χ2n) is 5.34. The van der Waals surface area contributed by atoms with E-state index in [1.807, 2.05) is 25.1 Å². The van der Waals surface area contributed by atoms with Crippen molar-refractivity contribution < 1.29 is 4.79 Å². The first kappa shape index (κ1) is 16.6. The highest BCUT2D eigenvalue weighted by molar-refractivity contribution is 6.36. The van der Waals surface area contributed by atoms with E-state index in [1.54, 1.807) is 41.2 Å². The van der Waals surface area contributed by atoms with Gasteiger partial charge in [0.1, 0.15) is 5.82 Å². The molecule has 0 saturated carbocycles. The summed E-state index contributed by atoms with van der Waals surface area (Å²) in [5, 5.41) is 8.26. The van der Waals surface area contributed by atoms with Crippen molar-refractivity contribution in [1.82, 2.24) is 9.78 Å². The van der Waals surface area contributed by atoms with Crippen LogP contribution in [0.2, 0.25) is 10.0 Å². The van der Waals surface area contributed by atoms with Crippen LogP contribution in [0.1, 0.15) is 21.5 Å². The first-order chi connectivity index (χ1) is 11.6. The molecule has 0 bridgehead atoms. The van der Waals surface area contributed by atoms with Crippen LogP contribution in [0.15, 0.2) is 54.7 Å². The normalized spacial score (nSPS) is 10.6. The summed E-state index contributed by atoms with van der Waals surface area (Å²) in [4.78, 5) is 12.5. The molecule has 1 N–H and O–H groups in total. The summed E-state index contributed by atoms with van der Waals surface area (Å²) >= 11 is 12.4. The van der Waals surface area contributed by atoms with Crippen LogP contribution in [0.5, 0.6) is 0 Å². The molecule has 3 aromatic rings. The minimum absolute atomic E-state index is 0.180. The third kappa shape index (κ3) is 3.45. The average Bonchev–Trinajstić information content (AvgIpc) is 2.98. The van der Waals surface area contributed by atoms with Crippen molar-refractivity contribution in [2.75, 3.05) is 5.32 Å². The van der Waals surface area contributed by atoms with Crippen LogP contribution in [0, 0.1) is 6.92 Å². The summed E-state index contributed by atoms with van der Waals surface area (Å²) in [6.45, 7) is 2.27. The van der Waals surface area contributed by atoms with Gasteiger partial charge in [0.05, 0.1) is 12.7 Å². The van der Waals surface area contributed by atoms with Gasteiger partial charge in [-0.15, -0.1) is 0 Å². The molecule has 1 heterocycles. The zero-order chi connectivity index (χ0) is 17.1. The number of hydrogen-bond acceptors (Lipinski definition) is 2. The number of benzene rings is 2. The first-order valence-corrected chi connectivity index (χ1v) is 8.13. The van der Waals surface area contributed by atoms with Gasteiger partial charge in [-0.2, -0.15) is 5.10 Å². The standard InChI is InChI=1S/C18H15Cl2N3O/c1-12-5-2-3-6-13(12)18(24)22-17-9-10-21-23(17)11-14-15(19)7-4-8-16(14)20/h2-10H,11H2,1H3,(H,22,24). The summed E-state index contributed by atoms with van der Waals surface area (Å²) in [6, 6.07) is 14.5. The number of hydrogen-bond donors (Lipinski definition) is 1. The number of rotatable bonds is 4. The van der Waals surface area contributed by atoms with E-state index in [0.717, 1.165) is 11.1 Å². The highest BCUT2D eigenvalue weighted by Crippen LogP contribution is 2.26. The lowest BCUT2D eigenvalue weighted by Crippen LogP contribution is -2.17. The van der Waals surface area contributed by atoms with Gasteiger partial charge in [0, 0.05) is 27.2 Å². The van der Waals surface area contributed by atoms with Gasteiger partial charge in [-0.1, -0.05) is 47.5 Å². The molecule has 0 aliphatic carbocycles. The highest BCUT2D eigenvalue weighted by Gasteiger charge is 2.13. The number of carbonyl (C=O) groups is 1. The van der Waals surface area contributed by atoms with E-state index in [4.69, 9.17) is 23.2 Å². The molecule has 6 heteroatoms. The number of carbonyl (C=O) groups excluding carboxylic acids is 1. The molecule has 24 heavy (non-hydrogen) atoms. The lowest BCUT2D eigenvalue weighted by atomic mass is 10.1. The first-order valence-electron chi connectivity index (χ1n) is 7.38. The van der Waals surface area contributed by atoms with Gasteiger partial charge in [0.25, 0.3) is 5.91 Å². The van der Waals surface area contributed by atoms with E-state index < -0.39 is 0 Å². The molecule has 0 fully saturated rings. The van der Waals surface area contributed by atoms with Crippen LogP contribution in [-0.4, -0.2) is 15.7 Å². The summed E-state index contributed by atoms with van der Waals surface area (Å²) in [5.41, 5.74) is 2.30. The lowest BCUT2D eigenvalue weighted by molar-refractivity contribution is 0.102. The number of halogens is 2. The molecule has 0 aliphatic heterocycles. The van der Waals surface area contributed by atoms with Gasteiger partial charge in [-0.3, -0.25) is 4.79 Å². The monoisotopic (exact) mass is 359 g/mol. The predicted octanol–water partition coefficient (Wildman–Crippen LogP) is 4.80. The number of aromatic nitrogens is 2. The Balaban J connectivity index is 1.84. The van der Waals surface area contributed by atoms with Crippen LogP contribution >= 0.6 is 23.2 Å². The summed E-state index contributed by atoms with van der Waals surface area (Å²) in [7, 11) is 0. The molecule has 0 spiro atoms. The third-order valence-corrected chi connectivity index (χ3v) is 4.43. The van der Waals surface area contributed by atoms with Crippen molar-refractivity contribution in [2.24, 2.45) is 0 Å². The molecule has 0 aliphatic rings. The maximum absolute atomic E-state index is 12.5. The van der Waals surface area contributed by atoms with E-state index in [9.17, 15) is 4.79 Å². The number of anilines is 1. The Hall–Kier alpha value is -2.30. The van der Waals surface area contributed by atoms with E-state index in [-0.39, 0.29) is 5.91 Å². The zero-order valence-corrected chi connectivity index (χ0v) is 14.5. The van der Waals surface area contributed by atoms with Gasteiger partial charge < -0.3 is 5.32 Å². The van der Waals surface area contributed by atoms with Gasteiger partial charge >= 0.3 is 0 Å². The van der Waals surface area contributed by atoms with Crippen molar-refractivity contribution in [3.63, 3.8) is 0 Å². The minimum atomic E-state index is -0.180. The Kier molecular flexibility index (Phi) is 4.88. The quantitative estimate of drug-likeness (QED) is 0.727. The van der Waals surface area contributed by atoms with Crippen LogP contribution in [0.25, 0.3) is 0 Å². The van der Waals surface area contributed by atoms with E-state index in [1.165, 1.54) is 0 Å². The molecule has 1 amide bonds. The summed E-state index contributed by atoms with van der Waals surface area (Å²) in [5.74, 6) is 0.402. The van der Waals surface area contributed by atoms with Gasteiger partial charge in [0.2, 0.25) is 0 Å². The smallest absolute Gasteiger partial charge is 0.257 e. The van der Waals surface area contributed by atoms with Gasteiger partial charge in [0.15, 0.2) is 0 Å². The molecule has 122 valence electrons. The summed E-state index contributed by atoms with van der Waals surface area (Å²) < 4.78 is 1.66. The molecular formula is C18H15Cl2N3O. The Morgan fingerprint density at radius 3 is 2.50 bits per heavy atom. The van der Waals surface area contributed by atoms with E-state index in [2.05, 4.69) is 10.4 Å². The Morgan fingerprint density at radius 1 is 1.08 bits per heavy atom. The fraction of sp³-hybridized carbons (Fsp3) is 0.111. The van der Waals surface area contributed by atoms with Crippen molar-refractivity contribution in [3.8, 4) is 0 Å². The number of nitrogens with one attached hydrogen (secondary N) is 1. The molecule has 0 saturated heterocycles. The molecule has 3 rings (SSSR count). The number of amides is 1. The second-order valence-corrected chi connectivity index (χ2v) is 6.16. The van der Waals surface area contributed by atoms with E-state index in [0.29, 0.717) is 28.0 Å². The van der Waals surface area contributed by atoms with Crippen molar-refractivity contribution in [1.29, 1.82) is 0 Å². The van der Waals surface area contributed by atoms with Crippen molar-refractivity contribution in [3.05, 3.63) is 81.5 Å². The van der Waals surface area contributed by atoms with Gasteiger partial charge in [-0.25, -0.2) is 4.68 Å². The number of aryl methyl sites for hydroxylation is 1. The zero-order valence-electron chi connectivity index (χ0n) is 13.0. The van der Waals surface area contributed by atoms with E-state index >= 15 is 0 Å². The van der Waals surface area contributed by atoms with Crippen LogP contribution in [0.4, 0.5) is 5.82 Å². The SMILES string of the molecule is Cc1ccccc1C(=O)Nc1ccnn1Cc1c(Cl)cccc1Cl. The molecule has 0 unspecified atom stereocenters. The van der Waals surface area contributed by atoms with Crippen molar-refractivity contribution in [2.45, 2.75) is 13.5 Å². The molecule has 1 aromatic heterocycles. The second kappa shape index (κ2) is 7.07. The Bertz CT molecular complexity index is 869. The number of nitrogens with zero attached hydrogens (tertiary/aromatic N) is 2. The molecule has 0 radical (unpaired) electrons. The summed E-state index contributed by atoms with van der Waals surface area (Å²) in [6.07, 6.45) is 1.62. The molecule has 2 aromatic carbocycles. The van der Waals surface area contributed by atoms with Crippen LogP contribution < -0.4 is 5.32 Å². The molecule has 0 atom stereocenters. The Labute approximate surface area is 150 Å². The third-order valence-electron chi connectivity index (χ3n) is 3.72. The van der Waals surface area contributed by atoms with Gasteiger partial charge in [-0.05, 0) is 30.7 Å². The fourth-order valence-corrected chi connectivity index (χ4v) is 2.93. The Morgan fingerprint density at radius 2 is 1.79 bits per heavy atom. The van der Waals surface area contributed by atoms with Crippen LogP contribution in [0.3, 0.4) is 0 Å². The largest absolute Gasteiger partial charge is 0.307 e.